The smallest absolute Gasteiger partial charge is 0.238 e. The topological polar surface area (TPSA) is 87.2 Å². The molecule has 4 heterocycles. The summed E-state index contributed by atoms with van der Waals surface area (Å²) in [6.07, 6.45) is 0. The fourth-order valence-corrected chi connectivity index (χ4v) is 10.4. The molecule has 8 heteroatoms. The Bertz CT molecular complexity index is 4260. The van der Waals surface area contributed by atoms with Crippen molar-refractivity contribution in [1.82, 2.24) is 39.0 Å². The first kappa shape index (κ1) is 42.7. The van der Waals surface area contributed by atoms with Gasteiger partial charge in [-0.25, -0.2) is 19.9 Å². The number of nitrogens with zero attached hydrogens (tertiary/aromatic N) is 8. The van der Waals surface area contributed by atoms with E-state index < -0.39 is 0 Å². The van der Waals surface area contributed by atoms with Crippen LogP contribution in [0, 0.1) is 0 Å². The third kappa shape index (κ3) is 7.48. The van der Waals surface area contributed by atoms with Gasteiger partial charge in [-0.05, 0) is 58.7 Å². The first-order chi connectivity index (χ1) is 36.7. The molecule has 0 aliphatic heterocycles. The monoisotopic (exact) mass is 946 g/mol. The lowest BCUT2D eigenvalue weighted by atomic mass is 10.0. The number of benzene rings is 10. The normalized spacial score (nSPS) is 11.5. The van der Waals surface area contributed by atoms with Gasteiger partial charge in [0.25, 0.3) is 0 Å². The van der Waals surface area contributed by atoms with E-state index in [2.05, 4.69) is 191 Å². The molecule has 0 bridgehead atoms. The maximum absolute atomic E-state index is 5.31. The lowest BCUT2D eigenvalue weighted by molar-refractivity contribution is 0.953. The van der Waals surface area contributed by atoms with Gasteiger partial charge in [0.15, 0.2) is 29.1 Å². The predicted molar refractivity (Wildman–Crippen MR) is 300 cm³/mol. The molecule has 0 spiro atoms. The van der Waals surface area contributed by atoms with Crippen LogP contribution in [-0.4, -0.2) is 39.0 Å². The molecule has 14 aromatic rings. The quantitative estimate of drug-likeness (QED) is 0.143. The number of hydrogen-bond acceptors (Lipinski definition) is 6. The summed E-state index contributed by atoms with van der Waals surface area (Å²) in [6.45, 7) is 0. The van der Waals surface area contributed by atoms with Crippen LogP contribution < -0.4 is 0 Å². The summed E-state index contributed by atoms with van der Waals surface area (Å²) in [5.41, 5.74) is 13.9. The van der Waals surface area contributed by atoms with E-state index in [1.165, 1.54) is 0 Å². The highest BCUT2D eigenvalue weighted by atomic mass is 15.2. The van der Waals surface area contributed by atoms with Gasteiger partial charge in [-0.3, -0.25) is 4.57 Å². The van der Waals surface area contributed by atoms with Gasteiger partial charge in [0.2, 0.25) is 5.95 Å². The second-order valence-electron chi connectivity index (χ2n) is 18.3. The molecule has 8 nitrogen and oxygen atoms in total. The predicted octanol–water partition coefficient (Wildman–Crippen LogP) is 15.9. The Balaban J connectivity index is 1.00. The number of rotatable bonds is 9. The average Bonchev–Trinajstić information content (AvgIpc) is 4.02. The van der Waals surface area contributed by atoms with E-state index in [0.29, 0.717) is 35.1 Å². The van der Waals surface area contributed by atoms with Gasteiger partial charge in [0, 0.05) is 55.0 Å². The van der Waals surface area contributed by atoms with Crippen LogP contribution in [-0.2, 0) is 0 Å². The third-order valence-corrected chi connectivity index (χ3v) is 13.8. The van der Waals surface area contributed by atoms with Crippen LogP contribution in [0.2, 0.25) is 0 Å². The van der Waals surface area contributed by atoms with E-state index in [-0.39, 0.29) is 0 Å². The number of fused-ring (bicyclic) bond motifs is 7. The van der Waals surface area contributed by atoms with Gasteiger partial charge < -0.3 is 4.57 Å². The lowest BCUT2D eigenvalue weighted by Crippen LogP contribution is -2.07. The van der Waals surface area contributed by atoms with Crippen molar-refractivity contribution in [3.63, 3.8) is 0 Å². The van der Waals surface area contributed by atoms with Crippen LogP contribution in [0.4, 0.5) is 0 Å². The summed E-state index contributed by atoms with van der Waals surface area (Å²) < 4.78 is 4.60. The molecule has 0 unspecified atom stereocenters. The molecule has 0 N–H and O–H groups in total. The second-order valence-corrected chi connectivity index (χ2v) is 18.3. The fourth-order valence-electron chi connectivity index (χ4n) is 10.4. The number of hydrogen-bond donors (Lipinski definition) is 0. The lowest BCUT2D eigenvalue weighted by Gasteiger charge is -2.14. The van der Waals surface area contributed by atoms with Gasteiger partial charge in [-0.15, -0.1) is 0 Å². The van der Waals surface area contributed by atoms with E-state index in [1.807, 2.05) is 72.8 Å². The van der Waals surface area contributed by atoms with Crippen molar-refractivity contribution in [3.05, 3.63) is 255 Å². The zero-order valence-electron chi connectivity index (χ0n) is 39.8. The summed E-state index contributed by atoms with van der Waals surface area (Å²) in [4.78, 5) is 31.5. The first-order valence-corrected chi connectivity index (χ1v) is 24.7. The Morgan fingerprint density at radius 3 is 1.03 bits per heavy atom. The Hall–Kier alpha value is -10.2. The van der Waals surface area contributed by atoms with Crippen molar-refractivity contribution >= 4 is 43.6 Å². The van der Waals surface area contributed by atoms with Crippen molar-refractivity contribution in [2.24, 2.45) is 0 Å². The molecule has 0 saturated carbocycles. The van der Waals surface area contributed by atoms with Crippen molar-refractivity contribution < 1.29 is 0 Å². The Morgan fingerprint density at radius 2 is 0.554 bits per heavy atom. The molecule has 0 aliphatic carbocycles. The standard InChI is InChI=1S/C66H42N8/c1-5-20-43(21-6-1)47-28-17-30-49(40-47)63-68-64(50-31-18-29-48(41-50)44-22-7-2-8-23-44)70-65(69-63)51-32-19-33-52(42-51)73-57-36-15-13-34-53(57)55-38-39-56-54-35-14-16-37-58(54)74(60(56)59(55)73)66-71-61(45-24-9-3-10-25-45)67-62(72-66)46-26-11-4-12-27-46/h1-42H. The summed E-state index contributed by atoms with van der Waals surface area (Å²) >= 11 is 0. The molecular weight excluding hydrogens is 905 g/mol. The van der Waals surface area contributed by atoms with E-state index in [1.54, 1.807) is 0 Å². The molecule has 10 aromatic carbocycles. The minimum atomic E-state index is 0.528. The van der Waals surface area contributed by atoms with Gasteiger partial charge in [-0.2, -0.15) is 9.97 Å². The maximum Gasteiger partial charge on any atom is 0.238 e. The van der Waals surface area contributed by atoms with Gasteiger partial charge in [0.1, 0.15) is 0 Å². The molecule has 0 radical (unpaired) electrons. The molecule has 0 saturated heterocycles. The Kier molecular flexibility index (Phi) is 10.3. The van der Waals surface area contributed by atoms with Crippen molar-refractivity contribution in [3.8, 4) is 90.8 Å². The highest BCUT2D eigenvalue weighted by Crippen LogP contribution is 2.42. The van der Waals surface area contributed by atoms with Gasteiger partial charge >= 0.3 is 0 Å². The largest absolute Gasteiger partial charge is 0.307 e. The highest BCUT2D eigenvalue weighted by Gasteiger charge is 2.24. The molecule has 0 aliphatic rings. The zero-order valence-corrected chi connectivity index (χ0v) is 39.8. The van der Waals surface area contributed by atoms with Crippen LogP contribution in [0.15, 0.2) is 255 Å². The minimum Gasteiger partial charge on any atom is -0.307 e. The number of aromatic nitrogens is 8. The van der Waals surface area contributed by atoms with Crippen LogP contribution in [0.1, 0.15) is 0 Å². The maximum atomic E-state index is 5.31. The molecule has 0 atom stereocenters. The highest BCUT2D eigenvalue weighted by molar-refractivity contribution is 6.23. The van der Waals surface area contributed by atoms with E-state index in [9.17, 15) is 0 Å². The Morgan fingerprint density at radius 1 is 0.216 bits per heavy atom. The summed E-state index contributed by atoms with van der Waals surface area (Å²) in [5, 5.41) is 4.40. The molecule has 0 fully saturated rings. The summed E-state index contributed by atoms with van der Waals surface area (Å²) in [5.74, 6) is 3.45. The van der Waals surface area contributed by atoms with Gasteiger partial charge in [0.05, 0.1) is 22.1 Å². The second kappa shape index (κ2) is 17.9. The molecule has 0 amide bonds. The fraction of sp³-hybridized carbons (Fsp3) is 0. The van der Waals surface area contributed by atoms with Crippen molar-refractivity contribution in [2.75, 3.05) is 0 Å². The summed E-state index contributed by atoms with van der Waals surface area (Å²) in [6, 6.07) is 88.2. The average molecular weight is 947 g/mol. The van der Waals surface area contributed by atoms with E-state index in [4.69, 9.17) is 29.9 Å². The molecule has 4 aromatic heterocycles. The molecule has 14 rings (SSSR count). The van der Waals surface area contributed by atoms with E-state index in [0.717, 1.165) is 99.4 Å². The minimum absolute atomic E-state index is 0.528. The van der Waals surface area contributed by atoms with Crippen LogP contribution in [0.25, 0.3) is 134 Å². The van der Waals surface area contributed by atoms with E-state index >= 15 is 0 Å². The van der Waals surface area contributed by atoms with Crippen LogP contribution >= 0.6 is 0 Å². The van der Waals surface area contributed by atoms with Crippen molar-refractivity contribution in [1.29, 1.82) is 0 Å². The molecule has 346 valence electrons. The SMILES string of the molecule is c1ccc(-c2cccc(-c3nc(-c4cccc(-c5ccccc5)c4)nc(-c4cccc(-n5c6ccccc6c6ccc7c8ccccc8n(-c8nc(-c9ccccc9)nc(-c9ccccc9)n8)c7c65)c4)n3)c2)cc1. The third-order valence-electron chi connectivity index (χ3n) is 13.8. The van der Waals surface area contributed by atoms with Crippen LogP contribution in [0.3, 0.4) is 0 Å². The van der Waals surface area contributed by atoms with Gasteiger partial charge in [-0.1, -0.05) is 218 Å². The molecular formula is C66H42N8. The Labute approximate surface area is 426 Å². The molecule has 74 heavy (non-hydrogen) atoms. The zero-order chi connectivity index (χ0) is 49.0. The first-order valence-electron chi connectivity index (χ1n) is 24.7. The summed E-state index contributed by atoms with van der Waals surface area (Å²) in [7, 11) is 0. The number of para-hydroxylation sites is 2. The van der Waals surface area contributed by atoms with Crippen molar-refractivity contribution in [2.45, 2.75) is 0 Å². The van der Waals surface area contributed by atoms with Crippen LogP contribution in [0.5, 0.6) is 0 Å².